The highest BCUT2D eigenvalue weighted by Crippen LogP contribution is 2.42. The number of anilines is 1. The Morgan fingerprint density at radius 3 is 2.91 bits per heavy atom. The maximum Gasteiger partial charge on any atom is 0.333 e. The number of hydrogen-bond acceptors (Lipinski definition) is 4. The molecule has 0 bridgehead atoms. The minimum atomic E-state index is -0.318. The fourth-order valence-electron chi connectivity index (χ4n) is 4.66. The van der Waals surface area contributed by atoms with Gasteiger partial charge in [-0.1, -0.05) is 18.7 Å². The Hall–Kier alpha value is -3.21. The van der Waals surface area contributed by atoms with Crippen molar-refractivity contribution in [3.05, 3.63) is 71.4 Å². The summed E-state index contributed by atoms with van der Waals surface area (Å²) in [5.74, 6) is 1.30. The molecule has 5 nitrogen and oxygen atoms in total. The van der Waals surface area contributed by atoms with Gasteiger partial charge < -0.3 is 19.8 Å². The molecule has 1 fully saturated rings. The third kappa shape index (κ3) is 4.92. The zero-order valence-electron chi connectivity index (χ0n) is 19.1. The van der Waals surface area contributed by atoms with Crippen molar-refractivity contribution < 1.29 is 14.3 Å². The van der Waals surface area contributed by atoms with Gasteiger partial charge in [0.15, 0.2) is 0 Å². The van der Waals surface area contributed by atoms with Crippen LogP contribution >= 0.6 is 0 Å². The van der Waals surface area contributed by atoms with E-state index in [2.05, 4.69) is 47.7 Å². The number of nitrogens with zero attached hydrogens (tertiary/aromatic N) is 1. The minimum Gasteiger partial charge on any atom is -0.493 e. The van der Waals surface area contributed by atoms with Crippen LogP contribution in [0.1, 0.15) is 54.7 Å². The zero-order valence-corrected chi connectivity index (χ0v) is 19.1. The topological polar surface area (TPSA) is 66.5 Å². The number of hydrogen-bond donors (Lipinski definition) is 1. The van der Waals surface area contributed by atoms with E-state index in [-0.39, 0.29) is 5.97 Å². The Balaban J connectivity index is 1.08. The lowest BCUT2D eigenvalue weighted by molar-refractivity contribution is -0.139. The lowest BCUT2D eigenvalue weighted by atomic mass is 10.0. The molecule has 2 aliphatic rings. The van der Waals surface area contributed by atoms with Gasteiger partial charge in [0, 0.05) is 35.8 Å². The number of rotatable bonds is 9. The van der Waals surface area contributed by atoms with Crippen LogP contribution in [0.4, 0.5) is 5.69 Å². The molecule has 0 amide bonds. The van der Waals surface area contributed by atoms with Crippen molar-refractivity contribution in [3.63, 3.8) is 0 Å². The summed E-state index contributed by atoms with van der Waals surface area (Å²) in [5, 5.41) is 1.12. The number of nitrogen functional groups attached to an aromatic ring is 1. The third-order valence-corrected chi connectivity index (χ3v) is 6.70. The van der Waals surface area contributed by atoms with Gasteiger partial charge in [-0.15, -0.1) is 0 Å². The van der Waals surface area contributed by atoms with E-state index < -0.39 is 0 Å². The Kier molecular flexibility index (Phi) is 6.12. The number of benzene rings is 2. The SMILES string of the molecule is C=C(Cc1ccc2c(c1)OCCC2)C(=O)OCCCCn1ccc2c(N)cc(C3CC3)cc21. The highest BCUT2D eigenvalue weighted by Gasteiger charge is 2.24. The predicted octanol–water partition coefficient (Wildman–Crippen LogP) is 5.55. The second-order valence-electron chi connectivity index (χ2n) is 9.34. The first-order chi connectivity index (χ1) is 16.1. The Bertz CT molecular complexity index is 1190. The van der Waals surface area contributed by atoms with Crippen LogP contribution in [-0.4, -0.2) is 23.8 Å². The van der Waals surface area contributed by atoms with Crippen molar-refractivity contribution in [3.8, 4) is 5.75 Å². The molecular weight excluding hydrogens is 412 g/mol. The highest BCUT2D eigenvalue weighted by molar-refractivity contribution is 5.92. The number of carbonyl (C=O) groups excluding carboxylic acids is 1. The molecule has 2 N–H and O–H groups in total. The molecule has 1 aliphatic carbocycles. The molecule has 5 heteroatoms. The van der Waals surface area contributed by atoms with Crippen molar-refractivity contribution in [2.75, 3.05) is 18.9 Å². The van der Waals surface area contributed by atoms with Crippen LogP contribution in [0.5, 0.6) is 5.75 Å². The summed E-state index contributed by atoms with van der Waals surface area (Å²) in [4.78, 5) is 12.4. The van der Waals surface area contributed by atoms with Gasteiger partial charge in [0.25, 0.3) is 0 Å². The summed E-state index contributed by atoms with van der Waals surface area (Å²) < 4.78 is 13.5. The normalized spacial score (nSPS) is 15.2. The molecule has 0 radical (unpaired) electrons. The quantitative estimate of drug-likeness (QED) is 0.203. The number of esters is 1. The van der Waals surface area contributed by atoms with Crippen LogP contribution in [-0.2, 0) is 28.9 Å². The van der Waals surface area contributed by atoms with Gasteiger partial charge in [0.05, 0.1) is 18.7 Å². The first-order valence-electron chi connectivity index (χ1n) is 12.1. The summed E-state index contributed by atoms with van der Waals surface area (Å²) in [6, 6.07) is 12.7. The van der Waals surface area contributed by atoms with E-state index in [4.69, 9.17) is 15.2 Å². The van der Waals surface area contributed by atoms with E-state index in [1.807, 2.05) is 6.07 Å². The molecule has 2 aromatic carbocycles. The second kappa shape index (κ2) is 9.34. The number of fused-ring (bicyclic) bond motifs is 2. The van der Waals surface area contributed by atoms with E-state index in [9.17, 15) is 4.79 Å². The van der Waals surface area contributed by atoms with E-state index in [0.717, 1.165) is 61.2 Å². The average molecular weight is 445 g/mol. The maximum atomic E-state index is 12.4. The second-order valence-corrected chi connectivity index (χ2v) is 9.34. The molecule has 33 heavy (non-hydrogen) atoms. The Labute approximate surface area is 195 Å². The lowest BCUT2D eigenvalue weighted by Crippen LogP contribution is -2.12. The van der Waals surface area contributed by atoms with Crippen molar-refractivity contribution in [2.24, 2.45) is 0 Å². The fourth-order valence-corrected chi connectivity index (χ4v) is 4.66. The molecule has 3 aromatic rings. The molecule has 172 valence electrons. The largest absolute Gasteiger partial charge is 0.493 e. The number of ether oxygens (including phenoxy) is 2. The van der Waals surface area contributed by atoms with Crippen molar-refractivity contribution in [2.45, 2.75) is 57.4 Å². The number of unbranched alkanes of at least 4 members (excludes halogenated alkanes) is 1. The van der Waals surface area contributed by atoms with Gasteiger partial charge >= 0.3 is 5.97 Å². The van der Waals surface area contributed by atoms with Crippen LogP contribution in [0, 0.1) is 0 Å². The van der Waals surface area contributed by atoms with Gasteiger partial charge in [-0.3, -0.25) is 0 Å². The van der Waals surface area contributed by atoms with Gasteiger partial charge in [0.2, 0.25) is 0 Å². The summed E-state index contributed by atoms with van der Waals surface area (Å²) in [7, 11) is 0. The Morgan fingerprint density at radius 1 is 1.18 bits per heavy atom. The standard InChI is InChI=1S/C28H32N2O3/c1-19(15-20-6-7-22-5-4-14-32-27(22)16-20)28(31)33-13-3-2-11-30-12-10-24-25(29)17-23(18-26(24)30)21-8-9-21/h6-7,10,12,16-18,21H,1-5,8-9,11,13-15,29H2. The number of nitrogens with two attached hydrogens (primary N) is 1. The first-order valence-corrected chi connectivity index (χ1v) is 12.1. The highest BCUT2D eigenvalue weighted by atomic mass is 16.5. The number of aryl methyl sites for hydroxylation is 2. The first kappa shape index (κ1) is 21.6. The summed E-state index contributed by atoms with van der Waals surface area (Å²) >= 11 is 0. The van der Waals surface area contributed by atoms with E-state index in [1.165, 1.54) is 29.5 Å². The number of carbonyl (C=O) groups is 1. The van der Waals surface area contributed by atoms with Crippen molar-refractivity contribution in [1.82, 2.24) is 4.57 Å². The van der Waals surface area contributed by atoms with Crippen LogP contribution in [0.15, 0.2) is 54.7 Å². The molecule has 1 aromatic heterocycles. The van der Waals surface area contributed by atoms with E-state index >= 15 is 0 Å². The maximum absolute atomic E-state index is 12.4. The van der Waals surface area contributed by atoms with Crippen LogP contribution in [0.3, 0.4) is 0 Å². The van der Waals surface area contributed by atoms with Gasteiger partial charge in [-0.05, 0) is 85.4 Å². The van der Waals surface area contributed by atoms with Gasteiger partial charge in [-0.2, -0.15) is 0 Å². The van der Waals surface area contributed by atoms with Crippen LogP contribution < -0.4 is 10.5 Å². The van der Waals surface area contributed by atoms with E-state index in [0.29, 0.717) is 24.5 Å². The van der Waals surface area contributed by atoms with Gasteiger partial charge in [0.1, 0.15) is 5.75 Å². The third-order valence-electron chi connectivity index (χ3n) is 6.70. The lowest BCUT2D eigenvalue weighted by Gasteiger charge is -2.18. The summed E-state index contributed by atoms with van der Waals surface area (Å²) in [6.45, 7) is 5.98. The molecule has 0 spiro atoms. The number of aromatic nitrogens is 1. The zero-order chi connectivity index (χ0) is 22.8. The molecule has 0 unspecified atom stereocenters. The Morgan fingerprint density at radius 2 is 2.06 bits per heavy atom. The molecule has 5 rings (SSSR count). The molecule has 0 saturated heterocycles. The smallest absolute Gasteiger partial charge is 0.333 e. The average Bonchev–Trinajstić information content (AvgIpc) is 3.59. The minimum absolute atomic E-state index is 0.318. The molecule has 0 atom stereocenters. The molecule has 2 heterocycles. The monoisotopic (exact) mass is 444 g/mol. The van der Waals surface area contributed by atoms with Crippen LogP contribution in [0.2, 0.25) is 0 Å². The van der Waals surface area contributed by atoms with E-state index in [1.54, 1.807) is 0 Å². The fraction of sp³-hybridized carbons (Fsp3) is 0.393. The molecule has 1 saturated carbocycles. The molecule has 1 aliphatic heterocycles. The molecular formula is C28H32N2O3. The summed E-state index contributed by atoms with van der Waals surface area (Å²) in [5.41, 5.74) is 12.5. The summed E-state index contributed by atoms with van der Waals surface area (Å²) in [6.07, 6.45) is 8.96. The van der Waals surface area contributed by atoms with Crippen molar-refractivity contribution >= 4 is 22.6 Å². The predicted molar refractivity (Wildman–Crippen MR) is 132 cm³/mol. The van der Waals surface area contributed by atoms with Crippen molar-refractivity contribution in [1.29, 1.82) is 0 Å². The van der Waals surface area contributed by atoms with Gasteiger partial charge in [-0.25, -0.2) is 4.79 Å². The van der Waals surface area contributed by atoms with Crippen LogP contribution in [0.25, 0.3) is 10.9 Å².